The molecule has 0 unspecified atom stereocenters. The highest BCUT2D eigenvalue weighted by atomic mass is 35.5. The minimum Gasteiger partial charge on any atom is -0.268 e. The van der Waals surface area contributed by atoms with Crippen LogP contribution in [0.15, 0.2) is 24.3 Å². The molecule has 0 spiro atoms. The van der Waals surface area contributed by atoms with Crippen LogP contribution in [-0.2, 0) is 0 Å². The van der Waals surface area contributed by atoms with Gasteiger partial charge in [0.1, 0.15) is 0 Å². The molecule has 9 heteroatoms. The second-order valence-electron chi connectivity index (χ2n) is 3.56. The normalized spacial score (nSPS) is 15.9. The second-order valence-corrected chi connectivity index (χ2v) is 5.09. The molecule has 0 saturated carbocycles. The highest BCUT2D eigenvalue weighted by Gasteiger charge is 2.59. The summed E-state index contributed by atoms with van der Waals surface area (Å²) < 4.78 is 51.1. The lowest BCUT2D eigenvalue weighted by atomic mass is 10.1. The standard InChI is InChI=1S/C10H4ClF4NO2S/c11-9(12,13)10(14,15)19-16-7(17)5-3-1-2-4-6(5)8(16)18/h1-4H. The number of imide groups is 1. The van der Waals surface area contributed by atoms with E-state index >= 15 is 0 Å². The Morgan fingerprint density at radius 3 is 1.79 bits per heavy atom. The van der Waals surface area contributed by atoms with E-state index in [1.54, 1.807) is 0 Å². The first-order valence-electron chi connectivity index (χ1n) is 4.76. The van der Waals surface area contributed by atoms with Crippen LogP contribution in [0, 0.1) is 0 Å². The zero-order chi connectivity index (χ0) is 14.4. The van der Waals surface area contributed by atoms with Crippen LogP contribution >= 0.6 is 23.5 Å². The number of benzene rings is 1. The van der Waals surface area contributed by atoms with Gasteiger partial charge in [-0.1, -0.05) is 12.1 Å². The van der Waals surface area contributed by atoms with Gasteiger partial charge in [-0.2, -0.15) is 17.6 Å². The van der Waals surface area contributed by atoms with Crippen LogP contribution in [0.3, 0.4) is 0 Å². The predicted octanol–water partition coefficient (Wildman–Crippen LogP) is 3.36. The SMILES string of the molecule is O=C1c2ccccc2C(=O)N1SC(F)(F)C(F)(F)Cl. The Bertz CT molecular complexity index is 526. The molecule has 0 saturated heterocycles. The molecule has 0 N–H and O–H groups in total. The summed E-state index contributed by atoms with van der Waals surface area (Å²) in [6.07, 6.45) is 0. The largest absolute Gasteiger partial charge is 0.395 e. The summed E-state index contributed by atoms with van der Waals surface area (Å²) in [5.74, 6) is -2.16. The summed E-state index contributed by atoms with van der Waals surface area (Å²) in [5, 5.41) is -9.67. The fourth-order valence-electron chi connectivity index (χ4n) is 1.42. The van der Waals surface area contributed by atoms with Gasteiger partial charge in [-0.3, -0.25) is 9.59 Å². The van der Waals surface area contributed by atoms with Crippen molar-refractivity contribution < 1.29 is 27.2 Å². The molecule has 1 aliphatic heterocycles. The zero-order valence-electron chi connectivity index (χ0n) is 8.87. The maximum Gasteiger partial charge on any atom is 0.395 e. The molecule has 102 valence electrons. The Morgan fingerprint density at radius 1 is 1.00 bits per heavy atom. The topological polar surface area (TPSA) is 37.4 Å². The molecular weight excluding hydrogens is 310 g/mol. The van der Waals surface area contributed by atoms with Crippen molar-refractivity contribution in [1.82, 2.24) is 4.31 Å². The second kappa shape index (κ2) is 4.38. The molecule has 0 atom stereocenters. The zero-order valence-corrected chi connectivity index (χ0v) is 10.4. The first kappa shape index (κ1) is 14.1. The van der Waals surface area contributed by atoms with E-state index in [0.717, 1.165) is 0 Å². The van der Waals surface area contributed by atoms with E-state index in [1.807, 2.05) is 0 Å². The van der Waals surface area contributed by atoms with Gasteiger partial charge >= 0.3 is 10.6 Å². The van der Waals surface area contributed by atoms with Crippen molar-refractivity contribution in [3.8, 4) is 0 Å². The number of alkyl halides is 5. The van der Waals surface area contributed by atoms with Crippen molar-refractivity contribution in [3.63, 3.8) is 0 Å². The van der Waals surface area contributed by atoms with Gasteiger partial charge < -0.3 is 0 Å². The van der Waals surface area contributed by atoms with Crippen LogP contribution in [0.25, 0.3) is 0 Å². The molecule has 2 rings (SSSR count). The van der Waals surface area contributed by atoms with Crippen molar-refractivity contribution in [1.29, 1.82) is 0 Å². The van der Waals surface area contributed by atoms with Gasteiger partial charge in [-0.15, -0.1) is 0 Å². The van der Waals surface area contributed by atoms with Crippen molar-refractivity contribution in [2.75, 3.05) is 0 Å². The number of halogens is 5. The van der Waals surface area contributed by atoms with Gasteiger partial charge in [0, 0.05) is 11.9 Å². The molecule has 0 fully saturated rings. The number of hydrogen-bond acceptors (Lipinski definition) is 3. The average molecular weight is 314 g/mol. The summed E-state index contributed by atoms with van der Waals surface area (Å²) in [5.41, 5.74) is -0.234. The van der Waals surface area contributed by atoms with Gasteiger partial charge in [0.15, 0.2) is 0 Å². The third kappa shape index (κ3) is 2.30. The average Bonchev–Trinajstić information content (AvgIpc) is 2.54. The first-order chi connectivity index (χ1) is 8.65. The molecule has 1 aromatic carbocycles. The molecule has 0 aliphatic carbocycles. The Hall–Kier alpha value is -1.28. The monoisotopic (exact) mass is 313 g/mol. The quantitative estimate of drug-likeness (QED) is 0.372. The van der Waals surface area contributed by atoms with Gasteiger partial charge in [-0.25, -0.2) is 4.31 Å². The van der Waals surface area contributed by atoms with E-state index in [0.29, 0.717) is 0 Å². The Labute approximate surface area is 113 Å². The molecular formula is C10H4ClF4NO2S. The predicted molar refractivity (Wildman–Crippen MR) is 60.3 cm³/mol. The maximum atomic E-state index is 13.1. The first-order valence-corrected chi connectivity index (χ1v) is 5.92. The van der Waals surface area contributed by atoms with E-state index in [-0.39, 0.29) is 15.4 Å². The van der Waals surface area contributed by atoms with Crippen LogP contribution in [0.5, 0.6) is 0 Å². The smallest absolute Gasteiger partial charge is 0.268 e. The summed E-state index contributed by atoms with van der Waals surface area (Å²) >= 11 is 3.36. The lowest BCUT2D eigenvalue weighted by Gasteiger charge is -2.23. The molecule has 2 amide bonds. The molecule has 3 nitrogen and oxygen atoms in total. The van der Waals surface area contributed by atoms with Crippen molar-refractivity contribution in [2.45, 2.75) is 10.6 Å². The van der Waals surface area contributed by atoms with Crippen LogP contribution in [0.1, 0.15) is 20.7 Å². The molecule has 0 radical (unpaired) electrons. The number of fused-ring (bicyclic) bond motifs is 1. The summed E-state index contributed by atoms with van der Waals surface area (Å²) in [6, 6.07) is 5.33. The van der Waals surface area contributed by atoms with E-state index < -0.39 is 34.4 Å². The van der Waals surface area contributed by atoms with Crippen LogP contribution < -0.4 is 0 Å². The van der Waals surface area contributed by atoms with Gasteiger partial charge in [0.25, 0.3) is 11.8 Å². The Morgan fingerprint density at radius 2 is 1.42 bits per heavy atom. The van der Waals surface area contributed by atoms with Crippen LogP contribution in [-0.4, -0.2) is 26.8 Å². The Kier molecular flexibility index (Phi) is 3.26. The molecule has 1 heterocycles. The fraction of sp³-hybridized carbons (Fsp3) is 0.200. The third-order valence-corrected chi connectivity index (χ3v) is 3.64. The third-order valence-electron chi connectivity index (χ3n) is 2.29. The van der Waals surface area contributed by atoms with Gasteiger partial charge in [0.2, 0.25) is 0 Å². The van der Waals surface area contributed by atoms with E-state index in [1.165, 1.54) is 24.3 Å². The molecule has 0 aromatic heterocycles. The molecule has 1 aliphatic rings. The number of carbonyl (C=O) groups excluding carboxylic acids is 2. The highest BCUT2D eigenvalue weighted by molar-refractivity contribution is 7.99. The molecule has 1 aromatic rings. The van der Waals surface area contributed by atoms with Crippen LogP contribution in [0.2, 0.25) is 0 Å². The van der Waals surface area contributed by atoms with Crippen LogP contribution in [0.4, 0.5) is 17.6 Å². The van der Waals surface area contributed by atoms with Crippen molar-refractivity contribution in [2.24, 2.45) is 0 Å². The van der Waals surface area contributed by atoms with Crippen molar-refractivity contribution in [3.05, 3.63) is 35.4 Å². The lowest BCUT2D eigenvalue weighted by molar-refractivity contribution is -0.0911. The molecule has 19 heavy (non-hydrogen) atoms. The lowest BCUT2D eigenvalue weighted by Crippen LogP contribution is -2.38. The number of rotatable bonds is 3. The van der Waals surface area contributed by atoms with Gasteiger partial charge in [0.05, 0.1) is 11.1 Å². The minimum absolute atomic E-state index is 0.0129. The van der Waals surface area contributed by atoms with E-state index in [9.17, 15) is 27.2 Å². The fourth-order valence-corrected chi connectivity index (χ4v) is 2.22. The van der Waals surface area contributed by atoms with E-state index in [4.69, 9.17) is 0 Å². The summed E-state index contributed by atoms with van der Waals surface area (Å²) in [7, 11) is 0. The number of hydrogen-bond donors (Lipinski definition) is 0. The number of amides is 2. The Balaban J connectivity index is 2.31. The van der Waals surface area contributed by atoms with E-state index in [2.05, 4.69) is 11.6 Å². The summed E-state index contributed by atoms with van der Waals surface area (Å²) in [6.45, 7) is 0. The summed E-state index contributed by atoms with van der Waals surface area (Å²) in [4.78, 5) is 23.3. The molecule has 0 bridgehead atoms. The minimum atomic E-state index is -4.88. The van der Waals surface area contributed by atoms with Gasteiger partial charge in [-0.05, 0) is 23.7 Å². The number of carbonyl (C=O) groups is 2. The number of nitrogens with zero attached hydrogens (tertiary/aromatic N) is 1. The maximum absolute atomic E-state index is 13.1. The highest BCUT2D eigenvalue weighted by Crippen LogP contribution is 2.48. The van der Waals surface area contributed by atoms with Crippen molar-refractivity contribution >= 4 is 35.4 Å².